The molecule has 2 nitrogen and oxygen atoms in total. The van der Waals surface area contributed by atoms with Gasteiger partial charge in [-0.1, -0.05) is 17.8 Å². The molecule has 0 bridgehead atoms. The van der Waals surface area contributed by atoms with E-state index in [2.05, 4.69) is 4.98 Å². The van der Waals surface area contributed by atoms with E-state index < -0.39 is 6.67 Å². The smallest absolute Gasteiger partial charge is 0.256 e. The highest BCUT2D eigenvalue weighted by Crippen LogP contribution is 2.22. The number of hydrogen-bond acceptors (Lipinski definition) is 3. The van der Waals surface area contributed by atoms with Gasteiger partial charge in [0.05, 0.1) is 0 Å². The maximum Gasteiger partial charge on any atom is 0.256 e. The first-order valence-corrected chi connectivity index (χ1v) is 5.05. The third kappa shape index (κ3) is 1.54. The molecule has 1 aromatic carbocycles. The Balaban J connectivity index is 2.57. The van der Waals surface area contributed by atoms with Crippen molar-refractivity contribution in [2.75, 3.05) is 6.26 Å². The zero-order chi connectivity index (χ0) is 9.26. The number of benzene rings is 1. The van der Waals surface area contributed by atoms with Crippen molar-refractivity contribution < 1.29 is 8.81 Å². The van der Waals surface area contributed by atoms with Crippen LogP contribution >= 0.6 is 11.8 Å². The van der Waals surface area contributed by atoms with E-state index in [-0.39, 0.29) is 0 Å². The third-order valence-electron chi connectivity index (χ3n) is 1.76. The Morgan fingerprint density at radius 1 is 1.54 bits per heavy atom. The molecule has 0 spiro atoms. The summed E-state index contributed by atoms with van der Waals surface area (Å²) in [6, 6.07) is 5.16. The van der Waals surface area contributed by atoms with Crippen LogP contribution in [-0.4, -0.2) is 11.2 Å². The van der Waals surface area contributed by atoms with Crippen LogP contribution in [0.25, 0.3) is 11.1 Å². The van der Waals surface area contributed by atoms with Crippen molar-refractivity contribution in [3.63, 3.8) is 0 Å². The molecule has 0 aliphatic carbocycles. The van der Waals surface area contributed by atoms with Gasteiger partial charge in [-0.25, -0.2) is 9.37 Å². The molecule has 0 saturated heterocycles. The minimum atomic E-state index is -0.461. The van der Waals surface area contributed by atoms with Crippen molar-refractivity contribution in [1.82, 2.24) is 4.98 Å². The lowest BCUT2D eigenvalue weighted by Crippen LogP contribution is -1.76. The van der Waals surface area contributed by atoms with Gasteiger partial charge in [0.2, 0.25) is 0 Å². The quantitative estimate of drug-likeness (QED) is 0.692. The molecule has 0 aliphatic heterocycles. The molecule has 0 radical (unpaired) electrons. The van der Waals surface area contributed by atoms with Crippen molar-refractivity contribution in [1.29, 1.82) is 0 Å². The van der Waals surface area contributed by atoms with Crippen molar-refractivity contribution in [3.8, 4) is 0 Å². The van der Waals surface area contributed by atoms with Crippen LogP contribution in [0.2, 0.25) is 0 Å². The van der Waals surface area contributed by atoms with E-state index in [4.69, 9.17) is 4.42 Å². The number of thioether (sulfide) groups is 1. The zero-order valence-electron chi connectivity index (χ0n) is 7.08. The van der Waals surface area contributed by atoms with Gasteiger partial charge < -0.3 is 4.42 Å². The van der Waals surface area contributed by atoms with Gasteiger partial charge in [0.1, 0.15) is 12.2 Å². The molecule has 1 heterocycles. The van der Waals surface area contributed by atoms with Crippen LogP contribution in [0.5, 0.6) is 0 Å². The molecular formula is C9H8FNOS. The number of fused-ring (bicyclic) bond motifs is 1. The van der Waals surface area contributed by atoms with Crippen LogP contribution in [0.3, 0.4) is 0 Å². The summed E-state index contributed by atoms with van der Waals surface area (Å²) in [6.45, 7) is -0.461. The lowest BCUT2D eigenvalue weighted by molar-refractivity contribution is 0.484. The number of rotatable bonds is 2. The number of nitrogens with zero attached hydrogens (tertiary/aromatic N) is 1. The van der Waals surface area contributed by atoms with Gasteiger partial charge >= 0.3 is 0 Å². The molecule has 0 atom stereocenters. The summed E-state index contributed by atoms with van der Waals surface area (Å²) in [5.74, 6) is 0. The van der Waals surface area contributed by atoms with E-state index in [0.717, 1.165) is 5.52 Å². The molecule has 2 aromatic rings. The molecular weight excluding hydrogens is 189 g/mol. The molecule has 0 fully saturated rings. The second kappa shape index (κ2) is 3.38. The van der Waals surface area contributed by atoms with Crippen LogP contribution in [0.15, 0.2) is 27.8 Å². The average Bonchev–Trinajstić information content (AvgIpc) is 2.58. The second-order valence-electron chi connectivity index (χ2n) is 2.62. The molecule has 68 valence electrons. The molecule has 13 heavy (non-hydrogen) atoms. The van der Waals surface area contributed by atoms with Gasteiger partial charge in [-0.05, 0) is 24.0 Å². The monoisotopic (exact) mass is 197 g/mol. The summed E-state index contributed by atoms with van der Waals surface area (Å²) in [7, 11) is 0. The van der Waals surface area contributed by atoms with Crippen LogP contribution in [0.1, 0.15) is 5.56 Å². The SMILES string of the molecule is CSc1nc2cc(CF)ccc2o1. The van der Waals surface area contributed by atoms with E-state index in [0.29, 0.717) is 16.4 Å². The van der Waals surface area contributed by atoms with Gasteiger partial charge in [-0.3, -0.25) is 0 Å². The van der Waals surface area contributed by atoms with Crippen LogP contribution in [0.4, 0.5) is 4.39 Å². The number of alkyl halides is 1. The van der Waals surface area contributed by atoms with Crippen molar-refractivity contribution in [3.05, 3.63) is 23.8 Å². The number of aromatic nitrogens is 1. The summed E-state index contributed by atoms with van der Waals surface area (Å²) in [4.78, 5) is 4.17. The van der Waals surface area contributed by atoms with Crippen molar-refractivity contribution in [2.45, 2.75) is 11.9 Å². The summed E-state index contributed by atoms with van der Waals surface area (Å²) >= 11 is 1.44. The topological polar surface area (TPSA) is 26.0 Å². The second-order valence-corrected chi connectivity index (χ2v) is 3.38. The predicted octanol–water partition coefficient (Wildman–Crippen LogP) is 3.02. The average molecular weight is 197 g/mol. The molecule has 1 aromatic heterocycles. The maximum atomic E-state index is 12.3. The number of halogens is 1. The van der Waals surface area contributed by atoms with Gasteiger partial charge in [-0.15, -0.1) is 0 Å². The van der Waals surface area contributed by atoms with Crippen LogP contribution in [0, 0.1) is 0 Å². The standard InChI is InChI=1S/C9H8FNOS/c1-13-9-11-7-4-6(5-10)2-3-8(7)12-9/h2-4H,5H2,1H3. The number of hydrogen-bond donors (Lipinski definition) is 0. The lowest BCUT2D eigenvalue weighted by Gasteiger charge is -1.90. The Kier molecular flexibility index (Phi) is 2.22. The fraction of sp³-hybridized carbons (Fsp3) is 0.222. The molecule has 0 aliphatic rings. The summed E-state index contributed by atoms with van der Waals surface area (Å²) < 4.78 is 17.6. The molecule has 0 saturated carbocycles. The molecule has 0 N–H and O–H groups in total. The minimum Gasteiger partial charge on any atom is -0.431 e. The van der Waals surface area contributed by atoms with E-state index in [9.17, 15) is 4.39 Å². The first-order valence-electron chi connectivity index (χ1n) is 3.83. The predicted molar refractivity (Wildman–Crippen MR) is 50.6 cm³/mol. The first kappa shape index (κ1) is 8.56. The lowest BCUT2D eigenvalue weighted by atomic mass is 10.2. The Labute approximate surface area is 79.1 Å². The highest BCUT2D eigenvalue weighted by molar-refractivity contribution is 7.98. The minimum absolute atomic E-state index is 0.461. The normalized spacial score (nSPS) is 10.9. The Bertz CT molecular complexity index is 424. The third-order valence-corrected chi connectivity index (χ3v) is 2.29. The molecule has 0 amide bonds. The van der Waals surface area contributed by atoms with Gasteiger partial charge in [0, 0.05) is 0 Å². The summed E-state index contributed by atoms with van der Waals surface area (Å²) in [6.07, 6.45) is 1.89. The van der Waals surface area contributed by atoms with Crippen LogP contribution < -0.4 is 0 Å². The van der Waals surface area contributed by atoms with Gasteiger partial charge in [0.15, 0.2) is 5.58 Å². The van der Waals surface area contributed by atoms with Gasteiger partial charge in [0.25, 0.3) is 5.22 Å². The highest BCUT2D eigenvalue weighted by Gasteiger charge is 2.04. The Hall–Kier alpha value is -1.03. The Morgan fingerprint density at radius 3 is 3.08 bits per heavy atom. The molecule has 2 rings (SSSR count). The van der Waals surface area contributed by atoms with Crippen LogP contribution in [-0.2, 0) is 6.67 Å². The summed E-state index contributed by atoms with van der Waals surface area (Å²) in [5.41, 5.74) is 2.06. The van der Waals surface area contributed by atoms with E-state index in [1.54, 1.807) is 18.2 Å². The van der Waals surface area contributed by atoms with E-state index in [1.807, 2.05) is 6.26 Å². The fourth-order valence-electron chi connectivity index (χ4n) is 1.12. The largest absolute Gasteiger partial charge is 0.431 e. The maximum absolute atomic E-state index is 12.3. The zero-order valence-corrected chi connectivity index (χ0v) is 7.90. The van der Waals surface area contributed by atoms with Gasteiger partial charge in [-0.2, -0.15) is 0 Å². The summed E-state index contributed by atoms with van der Waals surface area (Å²) in [5, 5.41) is 0.617. The van der Waals surface area contributed by atoms with Crippen molar-refractivity contribution >= 4 is 22.9 Å². The molecule has 0 unspecified atom stereocenters. The first-order chi connectivity index (χ1) is 6.33. The van der Waals surface area contributed by atoms with E-state index in [1.165, 1.54) is 11.8 Å². The highest BCUT2D eigenvalue weighted by atomic mass is 32.2. The molecule has 4 heteroatoms. The Morgan fingerprint density at radius 2 is 2.38 bits per heavy atom. The fourth-order valence-corrected chi connectivity index (χ4v) is 1.49. The van der Waals surface area contributed by atoms with E-state index >= 15 is 0 Å². The van der Waals surface area contributed by atoms with Crippen molar-refractivity contribution in [2.24, 2.45) is 0 Å². The number of oxazole rings is 1.